The first-order chi connectivity index (χ1) is 12.6. The lowest BCUT2D eigenvalue weighted by Crippen LogP contribution is -2.14. The third kappa shape index (κ3) is 4.70. The smallest absolute Gasteiger partial charge is 0.274 e. The number of carbonyl (C=O) groups excluding carboxylic acids is 2. The van der Waals surface area contributed by atoms with Gasteiger partial charge < -0.3 is 20.4 Å². The van der Waals surface area contributed by atoms with E-state index in [2.05, 4.69) is 20.9 Å². The monoisotopic (exact) mass is 350 g/mol. The van der Waals surface area contributed by atoms with Crippen molar-refractivity contribution >= 4 is 28.9 Å². The highest BCUT2D eigenvalue weighted by Gasteiger charge is 2.08. The molecule has 0 unspecified atom stereocenters. The van der Waals surface area contributed by atoms with Gasteiger partial charge in [-0.25, -0.2) is 4.98 Å². The molecule has 2 heterocycles. The van der Waals surface area contributed by atoms with Gasteiger partial charge in [0.2, 0.25) is 5.91 Å². The van der Waals surface area contributed by atoms with Crippen molar-refractivity contribution in [2.24, 2.45) is 0 Å². The molecule has 0 aliphatic rings. The van der Waals surface area contributed by atoms with E-state index in [0.29, 0.717) is 23.6 Å². The van der Waals surface area contributed by atoms with Gasteiger partial charge >= 0.3 is 0 Å². The van der Waals surface area contributed by atoms with Crippen LogP contribution in [-0.4, -0.2) is 16.8 Å². The number of nitrogens with one attached hydrogen (secondary N) is 3. The highest BCUT2D eigenvalue weighted by Crippen LogP contribution is 2.16. The van der Waals surface area contributed by atoms with Crippen molar-refractivity contribution in [3.8, 4) is 0 Å². The summed E-state index contributed by atoms with van der Waals surface area (Å²) in [5, 5.41) is 8.59. The molecule has 0 saturated carbocycles. The number of nitrogens with zero attached hydrogens (tertiary/aromatic N) is 1. The molecule has 0 fully saturated rings. The second kappa shape index (κ2) is 7.98. The summed E-state index contributed by atoms with van der Waals surface area (Å²) in [5.74, 6) is 0.307. The molecule has 2 amide bonds. The molecule has 2 aromatic heterocycles. The minimum atomic E-state index is -0.331. The van der Waals surface area contributed by atoms with E-state index in [-0.39, 0.29) is 11.8 Å². The average molecular weight is 350 g/mol. The number of benzene rings is 1. The van der Waals surface area contributed by atoms with Crippen LogP contribution >= 0.6 is 0 Å². The number of furan rings is 1. The summed E-state index contributed by atoms with van der Waals surface area (Å²) in [6.45, 7) is 1.97. The van der Waals surface area contributed by atoms with Crippen molar-refractivity contribution in [1.82, 2.24) is 4.98 Å². The van der Waals surface area contributed by atoms with Crippen LogP contribution in [0.4, 0.5) is 17.1 Å². The number of pyridine rings is 1. The van der Waals surface area contributed by atoms with E-state index in [4.69, 9.17) is 4.42 Å². The molecule has 26 heavy (non-hydrogen) atoms. The van der Waals surface area contributed by atoms with Crippen LogP contribution in [0.15, 0.2) is 65.4 Å². The first-order valence-corrected chi connectivity index (χ1v) is 8.01. The van der Waals surface area contributed by atoms with Crippen LogP contribution in [0, 0.1) is 0 Å². The van der Waals surface area contributed by atoms with Crippen molar-refractivity contribution in [1.29, 1.82) is 0 Å². The molecule has 3 rings (SSSR count). The predicted octanol–water partition coefficient (Wildman–Crippen LogP) is 3.50. The van der Waals surface area contributed by atoms with Gasteiger partial charge in [0.15, 0.2) is 0 Å². The van der Waals surface area contributed by atoms with E-state index in [1.165, 1.54) is 6.92 Å². The standard InChI is InChI=1S/C19H18N4O3/c1-13(24)22-14-4-2-5-15(10-14)23-19(25)18-8-7-16(11-21-18)20-12-17-6-3-9-26-17/h2-11,20H,12H2,1H3,(H,22,24)(H,23,25). The van der Waals surface area contributed by atoms with Gasteiger partial charge in [-0.1, -0.05) is 6.07 Å². The Morgan fingerprint density at radius 2 is 1.81 bits per heavy atom. The maximum absolute atomic E-state index is 12.3. The van der Waals surface area contributed by atoms with Crippen molar-refractivity contribution in [3.05, 3.63) is 72.4 Å². The first kappa shape index (κ1) is 17.2. The van der Waals surface area contributed by atoms with Gasteiger partial charge in [0.05, 0.1) is 24.7 Å². The van der Waals surface area contributed by atoms with Crippen LogP contribution in [0.25, 0.3) is 0 Å². The zero-order valence-electron chi connectivity index (χ0n) is 14.2. The molecule has 3 aromatic rings. The molecule has 1 aromatic carbocycles. The zero-order chi connectivity index (χ0) is 18.4. The third-order valence-corrected chi connectivity index (χ3v) is 3.48. The van der Waals surface area contributed by atoms with Crippen molar-refractivity contribution in [3.63, 3.8) is 0 Å². The molecule has 0 atom stereocenters. The fourth-order valence-electron chi connectivity index (χ4n) is 2.31. The average Bonchev–Trinajstić information content (AvgIpc) is 3.14. The van der Waals surface area contributed by atoms with Crippen LogP contribution in [0.1, 0.15) is 23.2 Å². The first-order valence-electron chi connectivity index (χ1n) is 8.01. The molecular weight excluding hydrogens is 332 g/mol. The second-order valence-corrected chi connectivity index (χ2v) is 5.58. The molecule has 0 spiro atoms. The number of anilines is 3. The Hall–Kier alpha value is -3.61. The maximum Gasteiger partial charge on any atom is 0.274 e. The van der Waals surface area contributed by atoms with E-state index in [0.717, 1.165) is 11.4 Å². The molecule has 0 aliphatic heterocycles. The number of rotatable bonds is 6. The summed E-state index contributed by atoms with van der Waals surface area (Å²) >= 11 is 0. The molecule has 132 valence electrons. The SMILES string of the molecule is CC(=O)Nc1cccc(NC(=O)c2ccc(NCc3ccco3)cn2)c1. The lowest BCUT2D eigenvalue weighted by Gasteiger charge is -2.08. The largest absolute Gasteiger partial charge is 0.467 e. The zero-order valence-corrected chi connectivity index (χ0v) is 14.2. The molecule has 3 N–H and O–H groups in total. The number of carbonyl (C=O) groups is 2. The Balaban J connectivity index is 1.60. The molecule has 7 nitrogen and oxygen atoms in total. The summed E-state index contributed by atoms with van der Waals surface area (Å²) in [7, 11) is 0. The Kier molecular flexibility index (Phi) is 5.28. The number of amides is 2. The Morgan fingerprint density at radius 3 is 2.46 bits per heavy atom. The van der Waals surface area contributed by atoms with Crippen LogP contribution in [-0.2, 0) is 11.3 Å². The Labute approximate surface area is 150 Å². The summed E-state index contributed by atoms with van der Waals surface area (Å²) in [4.78, 5) is 27.6. The quantitative estimate of drug-likeness (QED) is 0.632. The highest BCUT2D eigenvalue weighted by atomic mass is 16.3. The lowest BCUT2D eigenvalue weighted by atomic mass is 10.2. The van der Waals surface area contributed by atoms with Crippen LogP contribution < -0.4 is 16.0 Å². The lowest BCUT2D eigenvalue weighted by molar-refractivity contribution is -0.114. The minimum absolute atomic E-state index is 0.173. The van der Waals surface area contributed by atoms with Gasteiger partial charge in [0.1, 0.15) is 11.5 Å². The highest BCUT2D eigenvalue weighted by molar-refractivity contribution is 6.03. The molecule has 0 bridgehead atoms. The van der Waals surface area contributed by atoms with Crippen LogP contribution in [0.3, 0.4) is 0 Å². The van der Waals surface area contributed by atoms with Crippen LogP contribution in [0.2, 0.25) is 0 Å². The summed E-state index contributed by atoms with van der Waals surface area (Å²) in [6.07, 6.45) is 3.20. The fraction of sp³-hybridized carbons (Fsp3) is 0.105. The molecule has 7 heteroatoms. The van der Waals surface area contributed by atoms with Gasteiger partial charge in [-0.05, 0) is 42.5 Å². The summed E-state index contributed by atoms with van der Waals surface area (Å²) < 4.78 is 5.24. The van der Waals surface area contributed by atoms with E-state index in [9.17, 15) is 9.59 Å². The predicted molar refractivity (Wildman–Crippen MR) is 99.0 cm³/mol. The Bertz CT molecular complexity index is 889. The van der Waals surface area contributed by atoms with Crippen LogP contribution in [0.5, 0.6) is 0 Å². The topological polar surface area (TPSA) is 96.3 Å². The van der Waals surface area contributed by atoms with E-state index < -0.39 is 0 Å². The molecule has 0 saturated heterocycles. The molecular formula is C19H18N4O3. The fourth-order valence-corrected chi connectivity index (χ4v) is 2.31. The maximum atomic E-state index is 12.3. The summed E-state index contributed by atoms with van der Waals surface area (Å²) in [5.41, 5.74) is 2.26. The number of hydrogen-bond donors (Lipinski definition) is 3. The van der Waals surface area contributed by atoms with Gasteiger partial charge in [-0.15, -0.1) is 0 Å². The van der Waals surface area contributed by atoms with Gasteiger partial charge in [0.25, 0.3) is 5.91 Å². The van der Waals surface area contributed by atoms with Gasteiger partial charge in [0, 0.05) is 18.3 Å². The van der Waals surface area contributed by atoms with E-state index in [1.807, 2.05) is 12.1 Å². The minimum Gasteiger partial charge on any atom is -0.467 e. The van der Waals surface area contributed by atoms with Crippen molar-refractivity contribution in [2.75, 3.05) is 16.0 Å². The number of hydrogen-bond acceptors (Lipinski definition) is 5. The molecule has 0 aliphatic carbocycles. The van der Waals surface area contributed by atoms with E-state index >= 15 is 0 Å². The van der Waals surface area contributed by atoms with Gasteiger partial charge in [-0.2, -0.15) is 0 Å². The third-order valence-electron chi connectivity index (χ3n) is 3.48. The summed E-state index contributed by atoms with van der Waals surface area (Å²) in [6, 6.07) is 14.0. The number of aromatic nitrogens is 1. The normalized spacial score (nSPS) is 10.2. The van der Waals surface area contributed by atoms with E-state index in [1.54, 1.807) is 48.9 Å². The van der Waals surface area contributed by atoms with Crippen molar-refractivity contribution < 1.29 is 14.0 Å². The van der Waals surface area contributed by atoms with Crippen molar-refractivity contribution in [2.45, 2.75) is 13.5 Å². The van der Waals surface area contributed by atoms with Gasteiger partial charge in [-0.3, -0.25) is 9.59 Å². The Morgan fingerprint density at radius 1 is 1.00 bits per heavy atom. The molecule has 0 radical (unpaired) electrons. The second-order valence-electron chi connectivity index (χ2n) is 5.58.